The van der Waals surface area contributed by atoms with Crippen molar-refractivity contribution in [3.8, 4) is 11.5 Å². The van der Waals surface area contributed by atoms with Gasteiger partial charge >= 0.3 is 0 Å². The van der Waals surface area contributed by atoms with Gasteiger partial charge in [-0.1, -0.05) is 55.5 Å². The Morgan fingerprint density at radius 1 is 1.03 bits per heavy atom. The molecule has 4 aromatic rings. The van der Waals surface area contributed by atoms with Gasteiger partial charge in [-0.05, 0) is 40.8 Å². The average molecular weight is 450 g/mol. The molecule has 0 fully saturated rings. The maximum absolute atomic E-state index is 12.9. The molecule has 0 atom stereocenters. The lowest BCUT2D eigenvalue weighted by molar-refractivity contribution is 0.354. The molecule has 2 aromatic carbocycles. The van der Waals surface area contributed by atoms with Crippen LogP contribution >= 0.6 is 11.3 Å². The van der Waals surface area contributed by atoms with Crippen LogP contribution in [0.4, 0.5) is 0 Å². The van der Waals surface area contributed by atoms with E-state index in [1.165, 1.54) is 10.1 Å². The first-order chi connectivity index (χ1) is 15.4. The Bertz CT molecular complexity index is 1440. The molecule has 0 aliphatic rings. The van der Waals surface area contributed by atoms with Crippen molar-refractivity contribution in [3.05, 3.63) is 90.1 Å². The van der Waals surface area contributed by atoms with Gasteiger partial charge in [-0.25, -0.2) is 0 Å². The van der Waals surface area contributed by atoms with Crippen molar-refractivity contribution in [2.45, 2.75) is 26.2 Å². The highest BCUT2D eigenvalue weighted by Gasteiger charge is 2.13. The third kappa shape index (κ3) is 4.27. The van der Waals surface area contributed by atoms with Gasteiger partial charge in [0.05, 0.1) is 18.8 Å². The molecule has 0 unspecified atom stereocenters. The lowest BCUT2D eigenvalue weighted by Crippen LogP contribution is -2.28. The quantitative estimate of drug-likeness (QED) is 0.450. The van der Waals surface area contributed by atoms with E-state index in [2.05, 4.69) is 36.1 Å². The monoisotopic (exact) mass is 449 g/mol. The number of hydrogen-bond acceptors (Lipinski definition) is 7. The van der Waals surface area contributed by atoms with Gasteiger partial charge in [0.2, 0.25) is 4.96 Å². The van der Waals surface area contributed by atoms with Crippen LogP contribution in [0.15, 0.2) is 52.1 Å². The fraction of sp³-hybridized carbons (Fsp3) is 0.250. The van der Waals surface area contributed by atoms with E-state index in [4.69, 9.17) is 9.47 Å². The molecule has 0 bridgehead atoms. The molecule has 32 heavy (non-hydrogen) atoms. The molecule has 0 spiro atoms. The van der Waals surface area contributed by atoms with E-state index in [9.17, 15) is 9.59 Å². The van der Waals surface area contributed by atoms with Gasteiger partial charge in [-0.15, -0.1) is 0 Å². The molecule has 0 saturated carbocycles. The molecular weight excluding hydrogens is 426 g/mol. The number of benzene rings is 2. The van der Waals surface area contributed by atoms with Crippen LogP contribution in [0.5, 0.6) is 11.5 Å². The zero-order valence-corrected chi connectivity index (χ0v) is 19.1. The first-order valence-electron chi connectivity index (χ1n) is 10.1. The largest absolute Gasteiger partial charge is 0.493 e. The van der Waals surface area contributed by atoms with E-state index >= 15 is 0 Å². The van der Waals surface area contributed by atoms with Crippen LogP contribution < -0.4 is 25.1 Å². The van der Waals surface area contributed by atoms with Crippen LogP contribution in [-0.2, 0) is 6.42 Å². The minimum absolute atomic E-state index is 0.192. The van der Waals surface area contributed by atoms with Crippen molar-refractivity contribution >= 4 is 22.4 Å². The SMILES string of the molecule is COc1ccc(Cc2nn3c(=O)/c(=C\c4ccc(C(C)C)cc4)sc3nc2=O)cc1OC. The smallest absolute Gasteiger partial charge is 0.296 e. The molecule has 2 aromatic heterocycles. The Hall–Kier alpha value is -3.52. The molecular formula is C24H23N3O4S. The highest BCUT2D eigenvalue weighted by atomic mass is 32.1. The summed E-state index contributed by atoms with van der Waals surface area (Å²) in [6, 6.07) is 13.4. The van der Waals surface area contributed by atoms with E-state index in [0.717, 1.165) is 22.5 Å². The molecule has 2 heterocycles. The minimum atomic E-state index is -0.450. The molecule has 7 nitrogen and oxygen atoms in total. The van der Waals surface area contributed by atoms with Crippen molar-refractivity contribution in [2.75, 3.05) is 14.2 Å². The normalized spacial score (nSPS) is 12.0. The van der Waals surface area contributed by atoms with E-state index in [0.29, 0.717) is 21.9 Å². The van der Waals surface area contributed by atoms with Crippen LogP contribution in [-0.4, -0.2) is 28.8 Å². The van der Waals surface area contributed by atoms with E-state index in [1.807, 2.05) is 18.2 Å². The zero-order valence-electron chi connectivity index (χ0n) is 18.3. The number of aromatic nitrogens is 3. The molecule has 0 aliphatic heterocycles. The van der Waals surface area contributed by atoms with Gasteiger partial charge in [0.1, 0.15) is 5.69 Å². The topological polar surface area (TPSA) is 82.8 Å². The van der Waals surface area contributed by atoms with Crippen molar-refractivity contribution in [1.82, 2.24) is 14.6 Å². The lowest BCUT2D eigenvalue weighted by atomic mass is 10.0. The molecule has 0 aliphatic carbocycles. The maximum Gasteiger partial charge on any atom is 0.296 e. The van der Waals surface area contributed by atoms with Crippen LogP contribution in [0.3, 0.4) is 0 Å². The molecule has 0 amide bonds. The van der Waals surface area contributed by atoms with Crippen LogP contribution in [0.1, 0.15) is 42.1 Å². The summed E-state index contributed by atoms with van der Waals surface area (Å²) in [7, 11) is 3.11. The molecule has 8 heteroatoms. The summed E-state index contributed by atoms with van der Waals surface area (Å²) >= 11 is 1.15. The molecule has 0 N–H and O–H groups in total. The summed E-state index contributed by atoms with van der Waals surface area (Å²) in [5.74, 6) is 1.59. The van der Waals surface area contributed by atoms with Crippen LogP contribution in [0, 0.1) is 0 Å². The average Bonchev–Trinajstić information content (AvgIpc) is 3.08. The summed E-state index contributed by atoms with van der Waals surface area (Å²) in [6.45, 7) is 4.27. The third-order valence-electron chi connectivity index (χ3n) is 5.17. The molecule has 4 rings (SSSR count). The fourth-order valence-electron chi connectivity index (χ4n) is 3.36. The van der Waals surface area contributed by atoms with Crippen molar-refractivity contribution in [1.29, 1.82) is 0 Å². The van der Waals surface area contributed by atoms with Gasteiger partial charge in [-0.2, -0.15) is 14.6 Å². The Labute approximate surface area is 188 Å². The third-order valence-corrected chi connectivity index (χ3v) is 6.13. The molecule has 0 saturated heterocycles. The first kappa shape index (κ1) is 21.7. The standard InChI is InChI=1S/C24H23N3O4S/c1-14(2)17-8-5-15(6-9-17)13-21-23(29)27-24(32-21)25-22(28)18(26-27)11-16-7-10-19(30-3)20(12-16)31-4/h5-10,12-14H,11H2,1-4H3/b21-13+. The number of rotatable bonds is 6. The summed E-state index contributed by atoms with van der Waals surface area (Å²) in [5, 5.41) is 4.31. The molecule has 0 radical (unpaired) electrons. The number of thiazole rings is 1. The Morgan fingerprint density at radius 2 is 1.75 bits per heavy atom. The zero-order chi connectivity index (χ0) is 22.8. The second kappa shape index (κ2) is 8.92. The second-order valence-electron chi connectivity index (χ2n) is 7.66. The first-order valence-corrected chi connectivity index (χ1v) is 11.0. The highest BCUT2D eigenvalue weighted by molar-refractivity contribution is 7.15. The van der Waals surface area contributed by atoms with Crippen LogP contribution in [0.25, 0.3) is 11.0 Å². The van der Waals surface area contributed by atoms with Gasteiger partial charge < -0.3 is 9.47 Å². The number of ether oxygens (including phenoxy) is 2. The second-order valence-corrected chi connectivity index (χ2v) is 8.67. The summed E-state index contributed by atoms with van der Waals surface area (Å²) < 4.78 is 12.2. The lowest BCUT2D eigenvalue weighted by Gasteiger charge is -2.09. The van der Waals surface area contributed by atoms with Crippen LogP contribution in [0.2, 0.25) is 0 Å². The Kier molecular flexibility index (Phi) is 6.05. The predicted octanol–water partition coefficient (Wildman–Crippen LogP) is 2.79. The van der Waals surface area contributed by atoms with E-state index in [-0.39, 0.29) is 22.6 Å². The Morgan fingerprint density at radius 3 is 2.41 bits per heavy atom. The molecule has 164 valence electrons. The number of hydrogen-bond donors (Lipinski definition) is 0. The number of nitrogens with zero attached hydrogens (tertiary/aromatic N) is 3. The Balaban J connectivity index is 1.72. The van der Waals surface area contributed by atoms with E-state index in [1.54, 1.807) is 32.4 Å². The van der Waals surface area contributed by atoms with Gasteiger partial charge in [0.25, 0.3) is 11.1 Å². The fourth-order valence-corrected chi connectivity index (χ4v) is 4.27. The van der Waals surface area contributed by atoms with Crippen molar-refractivity contribution in [3.63, 3.8) is 0 Å². The summed E-state index contributed by atoms with van der Waals surface area (Å²) in [5.41, 5.74) is 2.39. The van der Waals surface area contributed by atoms with Crippen molar-refractivity contribution in [2.24, 2.45) is 0 Å². The summed E-state index contributed by atoms with van der Waals surface area (Å²) in [4.78, 5) is 29.8. The van der Waals surface area contributed by atoms with Gasteiger partial charge in [0.15, 0.2) is 11.5 Å². The van der Waals surface area contributed by atoms with Crippen molar-refractivity contribution < 1.29 is 9.47 Å². The van der Waals surface area contributed by atoms with Gasteiger partial charge in [0, 0.05) is 6.42 Å². The van der Waals surface area contributed by atoms with E-state index < -0.39 is 5.56 Å². The maximum atomic E-state index is 12.9. The number of methoxy groups -OCH3 is 2. The highest BCUT2D eigenvalue weighted by Crippen LogP contribution is 2.28. The van der Waals surface area contributed by atoms with Gasteiger partial charge in [-0.3, -0.25) is 9.59 Å². The minimum Gasteiger partial charge on any atom is -0.493 e. The number of fused-ring (bicyclic) bond motifs is 1. The summed E-state index contributed by atoms with van der Waals surface area (Å²) in [6.07, 6.45) is 2.02. The predicted molar refractivity (Wildman–Crippen MR) is 125 cm³/mol.